The van der Waals surface area contributed by atoms with Crippen LogP contribution in [-0.4, -0.2) is 16.9 Å². The smallest absolute Gasteiger partial charge is 0.126 e. The lowest BCUT2D eigenvalue weighted by Gasteiger charge is -2.05. The zero-order chi connectivity index (χ0) is 9.84. The number of rotatable bonds is 2. The molecule has 3 nitrogen and oxygen atoms in total. The maximum absolute atomic E-state index is 5.82. The van der Waals surface area contributed by atoms with Crippen molar-refractivity contribution in [3.05, 3.63) is 29.6 Å². The van der Waals surface area contributed by atoms with E-state index in [0.29, 0.717) is 5.84 Å². The van der Waals surface area contributed by atoms with Crippen molar-refractivity contribution >= 4 is 5.84 Å². The van der Waals surface area contributed by atoms with E-state index in [9.17, 15) is 0 Å². The molecule has 0 fully saturated rings. The van der Waals surface area contributed by atoms with Gasteiger partial charge in [-0.1, -0.05) is 0 Å². The van der Waals surface area contributed by atoms with Crippen molar-refractivity contribution in [2.75, 3.05) is 0 Å². The third-order valence-corrected chi connectivity index (χ3v) is 1.69. The number of nitrogens with two attached hydrogens (primary N) is 1. The van der Waals surface area contributed by atoms with Gasteiger partial charge in [-0.3, -0.25) is 9.98 Å². The number of pyridine rings is 1. The van der Waals surface area contributed by atoms with Gasteiger partial charge < -0.3 is 5.73 Å². The fraction of sp³-hybridized carbons (Fsp3) is 0.400. The van der Waals surface area contributed by atoms with Gasteiger partial charge in [-0.25, -0.2) is 0 Å². The summed E-state index contributed by atoms with van der Waals surface area (Å²) in [5, 5.41) is 0. The Kier molecular flexibility index (Phi) is 3.01. The van der Waals surface area contributed by atoms with Crippen LogP contribution in [0, 0.1) is 6.92 Å². The number of aryl methyl sites for hydroxylation is 1. The van der Waals surface area contributed by atoms with Gasteiger partial charge >= 0.3 is 0 Å². The zero-order valence-electron chi connectivity index (χ0n) is 8.28. The number of aliphatic imine (C=N–C) groups is 1. The summed E-state index contributed by atoms with van der Waals surface area (Å²) < 4.78 is 0. The van der Waals surface area contributed by atoms with Crippen molar-refractivity contribution in [2.24, 2.45) is 10.7 Å². The second-order valence-corrected chi connectivity index (χ2v) is 3.30. The summed E-state index contributed by atoms with van der Waals surface area (Å²) in [7, 11) is 0. The Balaban J connectivity index is 3.02. The molecule has 3 heteroatoms. The molecule has 0 saturated carbocycles. The lowest BCUT2D eigenvalue weighted by Crippen LogP contribution is -2.17. The first-order valence-electron chi connectivity index (χ1n) is 4.35. The molecule has 1 aromatic heterocycles. The van der Waals surface area contributed by atoms with Gasteiger partial charge in [0.1, 0.15) is 5.84 Å². The van der Waals surface area contributed by atoms with E-state index in [1.165, 1.54) is 0 Å². The molecule has 1 rings (SSSR count). The third kappa shape index (κ3) is 2.54. The summed E-state index contributed by atoms with van der Waals surface area (Å²) in [5.74, 6) is 0.593. The van der Waals surface area contributed by atoms with Crippen LogP contribution >= 0.6 is 0 Å². The molecular weight excluding hydrogens is 162 g/mol. The predicted octanol–water partition coefficient (Wildman–Crippen LogP) is 1.50. The van der Waals surface area contributed by atoms with E-state index in [1.807, 2.05) is 26.8 Å². The molecule has 0 unspecified atom stereocenters. The van der Waals surface area contributed by atoms with Gasteiger partial charge in [-0.15, -0.1) is 0 Å². The normalized spacial score (nSPS) is 12.2. The van der Waals surface area contributed by atoms with E-state index in [2.05, 4.69) is 9.98 Å². The number of nitrogens with zero attached hydrogens (tertiary/aromatic N) is 2. The second kappa shape index (κ2) is 4.03. The van der Waals surface area contributed by atoms with Crippen LogP contribution in [0.5, 0.6) is 0 Å². The van der Waals surface area contributed by atoms with Gasteiger partial charge in [-0.2, -0.15) is 0 Å². The number of hydrogen-bond donors (Lipinski definition) is 1. The van der Waals surface area contributed by atoms with Crippen LogP contribution in [0.15, 0.2) is 23.5 Å². The molecule has 1 aromatic rings. The minimum atomic E-state index is 0.229. The largest absolute Gasteiger partial charge is 0.383 e. The average Bonchev–Trinajstić information content (AvgIpc) is 2.03. The van der Waals surface area contributed by atoms with E-state index in [1.54, 1.807) is 12.4 Å². The Morgan fingerprint density at radius 2 is 2.23 bits per heavy atom. The van der Waals surface area contributed by atoms with Gasteiger partial charge in [0, 0.05) is 24.0 Å². The number of aromatic nitrogens is 1. The molecule has 0 spiro atoms. The molecule has 0 aliphatic carbocycles. The summed E-state index contributed by atoms with van der Waals surface area (Å²) >= 11 is 0. The summed E-state index contributed by atoms with van der Waals surface area (Å²) in [6.45, 7) is 5.98. The Morgan fingerprint density at radius 1 is 1.54 bits per heavy atom. The maximum Gasteiger partial charge on any atom is 0.126 e. The van der Waals surface area contributed by atoms with Gasteiger partial charge in [-0.05, 0) is 32.4 Å². The van der Waals surface area contributed by atoms with E-state index < -0.39 is 0 Å². The van der Waals surface area contributed by atoms with E-state index in [4.69, 9.17) is 5.73 Å². The minimum Gasteiger partial charge on any atom is -0.383 e. The van der Waals surface area contributed by atoms with Gasteiger partial charge in [0.2, 0.25) is 0 Å². The minimum absolute atomic E-state index is 0.229. The highest BCUT2D eigenvalue weighted by Gasteiger charge is 2.02. The van der Waals surface area contributed by atoms with Crippen LogP contribution in [0.4, 0.5) is 0 Å². The molecule has 13 heavy (non-hydrogen) atoms. The van der Waals surface area contributed by atoms with Crippen LogP contribution in [0.25, 0.3) is 0 Å². The number of hydrogen-bond acceptors (Lipinski definition) is 2. The van der Waals surface area contributed by atoms with Crippen LogP contribution in [0.1, 0.15) is 25.0 Å². The molecule has 0 aliphatic heterocycles. The second-order valence-electron chi connectivity index (χ2n) is 3.30. The Labute approximate surface area is 78.7 Å². The Hall–Kier alpha value is -1.38. The highest BCUT2D eigenvalue weighted by atomic mass is 14.9. The van der Waals surface area contributed by atoms with E-state index in [0.717, 1.165) is 11.1 Å². The molecule has 0 bridgehead atoms. The molecule has 1 heterocycles. The first-order valence-corrected chi connectivity index (χ1v) is 4.35. The van der Waals surface area contributed by atoms with Crippen molar-refractivity contribution in [3.63, 3.8) is 0 Å². The molecule has 0 saturated heterocycles. The first-order chi connectivity index (χ1) is 6.11. The average molecular weight is 177 g/mol. The van der Waals surface area contributed by atoms with Crippen molar-refractivity contribution in [1.82, 2.24) is 4.98 Å². The van der Waals surface area contributed by atoms with Crippen molar-refractivity contribution in [1.29, 1.82) is 0 Å². The lowest BCUT2D eigenvalue weighted by molar-refractivity contribution is 0.834. The molecular formula is C10H15N3. The summed E-state index contributed by atoms with van der Waals surface area (Å²) in [4.78, 5) is 8.27. The third-order valence-electron chi connectivity index (χ3n) is 1.69. The van der Waals surface area contributed by atoms with Crippen LogP contribution in [0.2, 0.25) is 0 Å². The van der Waals surface area contributed by atoms with Crippen LogP contribution < -0.4 is 5.73 Å². The standard InChI is InChI=1S/C10H15N3/c1-7(2)13-10(11)9-4-5-12-6-8(9)3/h4-7H,1-3H3,(H2,11,13). The SMILES string of the molecule is Cc1cnccc1C(N)=NC(C)C. The molecule has 0 aliphatic rings. The first kappa shape index (κ1) is 9.71. The topological polar surface area (TPSA) is 51.3 Å². The van der Waals surface area contributed by atoms with Crippen LogP contribution in [0.3, 0.4) is 0 Å². The number of amidine groups is 1. The fourth-order valence-electron chi connectivity index (χ4n) is 1.11. The van der Waals surface area contributed by atoms with Crippen molar-refractivity contribution < 1.29 is 0 Å². The van der Waals surface area contributed by atoms with Crippen LogP contribution in [-0.2, 0) is 0 Å². The summed E-state index contributed by atoms with van der Waals surface area (Å²) in [5.41, 5.74) is 7.85. The molecule has 0 aromatic carbocycles. The quantitative estimate of drug-likeness (QED) is 0.550. The monoisotopic (exact) mass is 177 g/mol. The maximum atomic E-state index is 5.82. The highest BCUT2D eigenvalue weighted by Crippen LogP contribution is 2.05. The fourth-order valence-corrected chi connectivity index (χ4v) is 1.11. The lowest BCUT2D eigenvalue weighted by atomic mass is 10.1. The van der Waals surface area contributed by atoms with Crippen molar-refractivity contribution in [2.45, 2.75) is 26.8 Å². The molecule has 0 amide bonds. The van der Waals surface area contributed by atoms with E-state index in [-0.39, 0.29) is 6.04 Å². The van der Waals surface area contributed by atoms with Gasteiger partial charge in [0.25, 0.3) is 0 Å². The molecule has 0 radical (unpaired) electrons. The molecule has 0 atom stereocenters. The Morgan fingerprint density at radius 3 is 2.77 bits per heavy atom. The summed E-state index contributed by atoms with van der Waals surface area (Å²) in [6.07, 6.45) is 3.52. The highest BCUT2D eigenvalue weighted by molar-refractivity contribution is 5.98. The van der Waals surface area contributed by atoms with E-state index >= 15 is 0 Å². The van der Waals surface area contributed by atoms with Gasteiger partial charge in [0.15, 0.2) is 0 Å². The molecule has 2 N–H and O–H groups in total. The Bertz CT molecular complexity index is 316. The van der Waals surface area contributed by atoms with Gasteiger partial charge in [0.05, 0.1) is 0 Å². The molecule has 70 valence electrons. The zero-order valence-corrected chi connectivity index (χ0v) is 8.28. The summed E-state index contributed by atoms with van der Waals surface area (Å²) in [6, 6.07) is 2.11. The van der Waals surface area contributed by atoms with Crippen molar-refractivity contribution in [3.8, 4) is 0 Å². The predicted molar refractivity (Wildman–Crippen MR) is 54.8 cm³/mol.